The van der Waals surface area contributed by atoms with Gasteiger partial charge in [-0.1, -0.05) is 146 Å². The van der Waals surface area contributed by atoms with Gasteiger partial charge in [0.25, 0.3) is 0 Å². The van der Waals surface area contributed by atoms with E-state index in [0.29, 0.717) is 0 Å². The number of furan rings is 1. The molecule has 2 aliphatic rings. The number of rotatable bonds is 3. The Kier molecular flexibility index (Phi) is 5.76. The quantitative estimate of drug-likeness (QED) is 0.180. The summed E-state index contributed by atoms with van der Waals surface area (Å²) in [5.41, 5.74) is 15.0. The first-order valence-electron chi connectivity index (χ1n) is 17.2. The summed E-state index contributed by atoms with van der Waals surface area (Å²) in [4.78, 5) is 5.06. The summed E-state index contributed by atoms with van der Waals surface area (Å²) in [6.07, 6.45) is 0. The Labute approximate surface area is 290 Å². The molecular formula is C46H29BN2O. The van der Waals surface area contributed by atoms with Crippen LogP contribution in [-0.4, -0.2) is 6.85 Å². The van der Waals surface area contributed by atoms with E-state index in [-0.39, 0.29) is 6.85 Å². The van der Waals surface area contributed by atoms with Crippen molar-refractivity contribution >= 4 is 78.9 Å². The smallest absolute Gasteiger partial charge is 0.333 e. The van der Waals surface area contributed by atoms with Gasteiger partial charge in [0.15, 0.2) is 5.58 Å². The Balaban J connectivity index is 1.25. The molecule has 0 N–H and O–H groups in total. The first-order valence-corrected chi connectivity index (χ1v) is 17.2. The molecule has 1 aromatic heterocycles. The lowest BCUT2D eigenvalue weighted by Gasteiger charge is -2.46. The number of hydrogen-bond donors (Lipinski definition) is 0. The van der Waals surface area contributed by atoms with E-state index in [9.17, 15) is 0 Å². The Hall–Kier alpha value is -6.52. The summed E-state index contributed by atoms with van der Waals surface area (Å²) in [5, 5.41) is 4.70. The molecule has 0 saturated carbocycles. The molecule has 0 saturated heterocycles. The highest BCUT2D eigenvalue weighted by Crippen LogP contribution is 2.50. The number of benzene rings is 8. The third-order valence-corrected chi connectivity index (χ3v) is 10.6. The zero-order valence-electron chi connectivity index (χ0n) is 27.1. The highest BCUT2D eigenvalue weighted by Gasteiger charge is 2.45. The fourth-order valence-corrected chi connectivity index (χ4v) is 8.58. The van der Waals surface area contributed by atoms with Crippen LogP contribution in [0.4, 0.5) is 28.4 Å². The summed E-state index contributed by atoms with van der Waals surface area (Å²) >= 11 is 0. The van der Waals surface area contributed by atoms with Crippen molar-refractivity contribution in [2.45, 2.75) is 0 Å². The first kappa shape index (κ1) is 27.4. The Bertz CT molecular complexity index is 2800. The lowest BCUT2D eigenvalue weighted by molar-refractivity contribution is 0.669. The Morgan fingerprint density at radius 3 is 2.00 bits per heavy atom. The van der Waals surface area contributed by atoms with E-state index in [2.05, 4.69) is 180 Å². The Morgan fingerprint density at radius 2 is 1.08 bits per heavy atom. The molecule has 0 spiro atoms. The molecule has 232 valence electrons. The molecule has 8 aromatic carbocycles. The normalized spacial score (nSPS) is 13.1. The molecule has 0 amide bonds. The molecule has 0 atom stereocenters. The predicted octanol–water partition coefficient (Wildman–Crippen LogP) is 11.1. The topological polar surface area (TPSA) is 19.6 Å². The monoisotopic (exact) mass is 636 g/mol. The van der Waals surface area contributed by atoms with Crippen molar-refractivity contribution in [2.24, 2.45) is 0 Å². The predicted molar refractivity (Wildman–Crippen MR) is 210 cm³/mol. The molecule has 0 radical (unpaired) electrons. The summed E-state index contributed by atoms with van der Waals surface area (Å²) in [7, 11) is 0. The number of hydrogen-bond acceptors (Lipinski definition) is 3. The molecular weight excluding hydrogens is 607 g/mol. The van der Waals surface area contributed by atoms with E-state index in [1.165, 1.54) is 66.7 Å². The van der Waals surface area contributed by atoms with Crippen molar-refractivity contribution in [1.82, 2.24) is 0 Å². The van der Waals surface area contributed by atoms with Gasteiger partial charge in [0, 0.05) is 44.3 Å². The molecule has 3 nitrogen and oxygen atoms in total. The van der Waals surface area contributed by atoms with Crippen LogP contribution in [0.1, 0.15) is 0 Å². The van der Waals surface area contributed by atoms with Gasteiger partial charge in [-0.15, -0.1) is 0 Å². The summed E-state index contributed by atoms with van der Waals surface area (Å²) in [5.74, 6) is 0. The molecule has 0 bridgehead atoms. The molecule has 3 heterocycles. The van der Waals surface area contributed by atoms with Crippen molar-refractivity contribution < 1.29 is 4.42 Å². The summed E-state index contributed by atoms with van der Waals surface area (Å²) < 4.78 is 6.72. The van der Waals surface area contributed by atoms with E-state index in [0.717, 1.165) is 27.6 Å². The zero-order chi connectivity index (χ0) is 32.8. The summed E-state index contributed by atoms with van der Waals surface area (Å²) in [6, 6.07) is 63.7. The second-order valence-electron chi connectivity index (χ2n) is 13.2. The maximum atomic E-state index is 6.72. The molecule has 2 aliphatic heterocycles. The van der Waals surface area contributed by atoms with Crippen LogP contribution in [0, 0.1) is 0 Å². The first-order chi connectivity index (χ1) is 24.8. The molecule has 0 unspecified atom stereocenters. The fourth-order valence-electron chi connectivity index (χ4n) is 8.58. The molecule has 0 aliphatic carbocycles. The van der Waals surface area contributed by atoms with Gasteiger partial charge < -0.3 is 14.1 Å². The zero-order valence-corrected chi connectivity index (χ0v) is 27.1. The lowest BCUT2D eigenvalue weighted by atomic mass is 9.43. The van der Waals surface area contributed by atoms with Crippen molar-refractivity contribution in [3.05, 3.63) is 176 Å². The number of anilines is 5. The van der Waals surface area contributed by atoms with Gasteiger partial charge >= 0.3 is 6.85 Å². The van der Waals surface area contributed by atoms with Crippen LogP contribution in [0.25, 0.3) is 55.0 Å². The average Bonchev–Trinajstić information content (AvgIpc) is 3.57. The van der Waals surface area contributed by atoms with Gasteiger partial charge in [0.05, 0.1) is 11.4 Å². The minimum Gasteiger partial charge on any atom is -0.454 e. The maximum Gasteiger partial charge on any atom is 0.333 e. The van der Waals surface area contributed by atoms with Gasteiger partial charge in [0.2, 0.25) is 0 Å². The van der Waals surface area contributed by atoms with E-state index in [1.54, 1.807) is 0 Å². The number of nitrogens with zero attached hydrogens (tertiary/aromatic N) is 2. The van der Waals surface area contributed by atoms with Crippen molar-refractivity contribution in [3.63, 3.8) is 0 Å². The molecule has 50 heavy (non-hydrogen) atoms. The minimum atomic E-state index is -0.0856. The van der Waals surface area contributed by atoms with Gasteiger partial charge in [-0.05, 0) is 57.8 Å². The molecule has 4 heteroatoms. The van der Waals surface area contributed by atoms with Gasteiger partial charge in [-0.25, -0.2) is 0 Å². The highest BCUT2D eigenvalue weighted by atomic mass is 16.3. The third-order valence-electron chi connectivity index (χ3n) is 10.6. The van der Waals surface area contributed by atoms with Crippen LogP contribution in [0.3, 0.4) is 0 Å². The number of para-hydroxylation sites is 4. The minimum absolute atomic E-state index is 0.0856. The van der Waals surface area contributed by atoms with E-state index in [1.807, 2.05) is 6.07 Å². The van der Waals surface area contributed by atoms with Crippen LogP contribution in [0.2, 0.25) is 0 Å². The average molecular weight is 637 g/mol. The molecule has 11 rings (SSSR count). The van der Waals surface area contributed by atoms with Crippen LogP contribution >= 0.6 is 0 Å². The van der Waals surface area contributed by atoms with Crippen molar-refractivity contribution in [1.29, 1.82) is 0 Å². The van der Waals surface area contributed by atoms with Gasteiger partial charge in [0.1, 0.15) is 5.58 Å². The van der Waals surface area contributed by atoms with Gasteiger partial charge in [-0.3, -0.25) is 0 Å². The maximum absolute atomic E-state index is 6.72. The summed E-state index contributed by atoms with van der Waals surface area (Å²) in [6.45, 7) is -0.0856. The van der Waals surface area contributed by atoms with Gasteiger partial charge in [-0.2, -0.15) is 0 Å². The number of fused-ring (bicyclic) bond motifs is 8. The van der Waals surface area contributed by atoms with Crippen LogP contribution in [0.5, 0.6) is 0 Å². The second-order valence-corrected chi connectivity index (χ2v) is 13.2. The largest absolute Gasteiger partial charge is 0.454 e. The van der Waals surface area contributed by atoms with E-state index >= 15 is 0 Å². The second kappa shape index (κ2) is 10.5. The van der Waals surface area contributed by atoms with Crippen LogP contribution in [0.15, 0.2) is 180 Å². The van der Waals surface area contributed by atoms with Crippen LogP contribution in [-0.2, 0) is 0 Å². The van der Waals surface area contributed by atoms with E-state index < -0.39 is 0 Å². The Morgan fingerprint density at radius 1 is 0.420 bits per heavy atom. The lowest BCUT2D eigenvalue weighted by Crippen LogP contribution is -2.61. The molecule has 9 aromatic rings. The SMILES string of the molecule is c1ccc(-c2ccc3ccccc3c2N2c3ccccc3B3c4c(cccc42)-c2ccccc2N3c2cccc3c2oc2ccccc23)cc1. The van der Waals surface area contributed by atoms with Crippen molar-refractivity contribution in [2.75, 3.05) is 9.71 Å². The molecule has 0 fully saturated rings. The fraction of sp³-hybridized carbons (Fsp3) is 0. The standard InChI is InChI=1S/C46H29BN2O/c1-2-14-30(15-3-1)33-29-28-31-16-4-5-17-32(31)45(33)48-40-24-10-8-22-38(40)47-44-36(20-12-25-41(44)48)34-18-6-9-23-39(34)49(47)42-26-13-21-37-35-19-7-11-27-43(35)50-46(37)42/h1-29H. The van der Waals surface area contributed by atoms with E-state index in [4.69, 9.17) is 4.42 Å². The third kappa shape index (κ3) is 3.76. The highest BCUT2D eigenvalue weighted by molar-refractivity contribution is 6.93. The van der Waals surface area contributed by atoms with Crippen LogP contribution < -0.4 is 20.6 Å². The van der Waals surface area contributed by atoms with Crippen molar-refractivity contribution in [3.8, 4) is 22.3 Å².